The standard InChI is InChI=1S/C19H19N5O5S2/c1-11(17(25)21-15-10-13(24(26)27)6-9-16(15)29-3)30-19-23-22-18(31-19)20-12-4-7-14(28-2)8-5-12/h4-11H,1-3H3,(H,20,22)(H,21,25). The van der Waals surface area contributed by atoms with Gasteiger partial charge in [-0.25, -0.2) is 0 Å². The third-order valence-corrected chi connectivity index (χ3v) is 6.07. The molecule has 162 valence electrons. The molecule has 0 radical (unpaired) electrons. The molecule has 3 rings (SSSR count). The lowest BCUT2D eigenvalue weighted by Gasteiger charge is -2.13. The van der Waals surface area contributed by atoms with Crippen LogP contribution in [0.2, 0.25) is 0 Å². The molecule has 31 heavy (non-hydrogen) atoms. The summed E-state index contributed by atoms with van der Waals surface area (Å²) in [5, 5.41) is 25.1. The normalized spacial score (nSPS) is 11.5. The maximum Gasteiger partial charge on any atom is 0.271 e. The lowest BCUT2D eigenvalue weighted by molar-refractivity contribution is -0.384. The van der Waals surface area contributed by atoms with Gasteiger partial charge in [-0.2, -0.15) is 0 Å². The van der Waals surface area contributed by atoms with Gasteiger partial charge in [0.1, 0.15) is 11.5 Å². The van der Waals surface area contributed by atoms with Crippen molar-refractivity contribution in [3.8, 4) is 11.5 Å². The van der Waals surface area contributed by atoms with Crippen LogP contribution in [0.5, 0.6) is 11.5 Å². The zero-order chi connectivity index (χ0) is 22.4. The van der Waals surface area contributed by atoms with Gasteiger partial charge < -0.3 is 20.1 Å². The van der Waals surface area contributed by atoms with Crippen molar-refractivity contribution in [3.63, 3.8) is 0 Å². The Morgan fingerprint density at radius 2 is 1.90 bits per heavy atom. The molecule has 0 saturated heterocycles. The van der Waals surface area contributed by atoms with E-state index in [1.807, 2.05) is 24.3 Å². The average Bonchev–Trinajstić information content (AvgIpc) is 3.20. The topological polar surface area (TPSA) is 129 Å². The van der Waals surface area contributed by atoms with Gasteiger partial charge >= 0.3 is 0 Å². The summed E-state index contributed by atoms with van der Waals surface area (Å²) in [5.74, 6) is 0.737. The number of non-ortho nitro benzene ring substituents is 1. The summed E-state index contributed by atoms with van der Waals surface area (Å²) >= 11 is 2.54. The number of hydrogen-bond acceptors (Lipinski definition) is 10. The Balaban J connectivity index is 1.62. The van der Waals surface area contributed by atoms with E-state index in [0.717, 1.165) is 11.4 Å². The first-order valence-electron chi connectivity index (χ1n) is 8.94. The number of hydrogen-bond donors (Lipinski definition) is 2. The van der Waals surface area contributed by atoms with E-state index in [0.29, 0.717) is 15.2 Å². The van der Waals surface area contributed by atoms with Crippen molar-refractivity contribution in [1.82, 2.24) is 10.2 Å². The van der Waals surface area contributed by atoms with Crippen LogP contribution >= 0.6 is 23.1 Å². The largest absolute Gasteiger partial charge is 0.497 e. The molecule has 1 atom stereocenters. The second-order valence-corrected chi connectivity index (χ2v) is 8.68. The van der Waals surface area contributed by atoms with Gasteiger partial charge in [-0.3, -0.25) is 14.9 Å². The van der Waals surface area contributed by atoms with Gasteiger partial charge in [-0.15, -0.1) is 10.2 Å². The van der Waals surface area contributed by atoms with Crippen molar-refractivity contribution in [2.45, 2.75) is 16.5 Å². The number of nitrogens with zero attached hydrogens (tertiary/aromatic N) is 3. The highest BCUT2D eigenvalue weighted by atomic mass is 32.2. The number of benzene rings is 2. The summed E-state index contributed by atoms with van der Waals surface area (Å²) in [5.41, 5.74) is 0.917. The monoisotopic (exact) mass is 461 g/mol. The second kappa shape index (κ2) is 10.1. The maximum atomic E-state index is 12.6. The number of nitrogens with one attached hydrogen (secondary N) is 2. The van der Waals surface area contributed by atoms with Crippen molar-refractivity contribution in [3.05, 3.63) is 52.6 Å². The number of amides is 1. The van der Waals surface area contributed by atoms with E-state index in [9.17, 15) is 14.9 Å². The van der Waals surface area contributed by atoms with Crippen molar-refractivity contribution in [2.75, 3.05) is 24.9 Å². The van der Waals surface area contributed by atoms with Crippen molar-refractivity contribution in [1.29, 1.82) is 0 Å². The minimum absolute atomic E-state index is 0.144. The maximum absolute atomic E-state index is 12.6. The molecule has 0 fully saturated rings. The molecule has 1 unspecified atom stereocenters. The molecule has 2 N–H and O–H groups in total. The Morgan fingerprint density at radius 3 is 2.55 bits per heavy atom. The van der Waals surface area contributed by atoms with Crippen molar-refractivity contribution < 1.29 is 19.2 Å². The van der Waals surface area contributed by atoms with Crippen LogP contribution in [0.4, 0.5) is 22.2 Å². The van der Waals surface area contributed by atoms with Crippen LogP contribution < -0.4 is 20.1 Å². The van der Waals surface area contributed by atoms with Gasteiger partial charge in [0.25, 0.3) is 5.69 Å². The fourth-order valence-corrected chi connectivity index (χ4v) is 4.37. The Kier molecular flexibility index (Phi) is 7.26. The smallest absolute Gasteiger partial charge is 0.271 e. The lowest BCUT2D eigenvalue weighted by atomic mass is 10.2. The number of nitro groups is 1. The first-order chi connectivity index (χ1) is 14.9. The molecular weight excluding hydrogens is 442 g/mol. The zero-order valence-electron chi connectivity index (χ0n) is 16.8. The second-order valence-electron chi connectivity index (χ2n) is 6.12. The van der Waals surface area contributed by atoms with E-state index < -0.39 is 10.2 Å². The van der Waals surface area contributed by atoms with Crippen LogP contribution in [0.1, 0.15) is 6.92 Å². The van der Waals surface area contributed by atoms with Crippen LogP contribution in [0.25, 0.3) is 0 Å². The summed E-state index contributed by atoms with van der Waals surface area (Å²) < 4.78 is 10.9. The number of anilines is 3. The first-order valence-corrected chi connectivity index (χ1v) is 10.6. The SMILES string of the molecule is COc1ccc(Nc2nnc(SC(C)C(=O)Nc3cc([N+](=O)[O-])ccc3OC)s2)cc1. The average molecular weight is 462 g/mol. The molecule has 0 saturated carbocycles. The number of methoxy groups -OCH3 is 2. The summed E-state index contributed by atoms with van der Waals surface area (Å²) in [4.78, 5) is 23.1. The third-order valence-electron chi connectivity index (χ3n) is 4.05. The van der Waals surface area contributed by atoms with Crippen molar-refractivity contribution >= 4 is 51.2 Å². The Morgan fingerprint density at radius 1 is 1.16 bits per heavy atom. The summed E-state index contributed by atoms with van der Waals surface area (Å²) in [7, 11) is 3.02. The third kappa shape index (κ3) is 5.83. The fraction of sp³-hybridized carbons (Fsp3) is 0.211. The van der Waals surface area contributed by atoms with E-state index in [-0.39, 0.29) is 17.3 Å². The molecule has 12 heteroatoms. The number of ether oxygens (including phenoxy) is 2. The van der Waals surface area contributed by atoms with Gasteiger partial charge in [-0.1, -0.05) is 23.1 Å². The van der Waals surface area contributed by atoms with E-state index in [1.54, 1.807) is 14.0 Å². The van der Waals surface area contributed by atoms with Crippen LogP contribution in [0.15, 0.2) is 46.8 Å². The quantitative estimate of drug-likeness (QED) is 0.272. The Hall–Kier alpha value is -3.38. The predicted octanol–water partition coefficient (Wildman–Crippen LogP) is 4.33. The molecular formula is C19H19N5O5S2. The van der Waals surface area contributed by atoms with Gasteiger partial charge in [0.2, 0.25) is 11.0 Å². The molecule has 1 heterocycles. The van der Waals surface area contributed by atoms with E-state index >= 15 is 0 Å². The van der Waals surface area contributed by atoms with Gasteiger partial charge in [0.15, 0.2) is 4.34 Å². The molecule has 2 aromatic carbocycles. The van der Waals surface area contributed by atoms with Crippen LogP contribution in [0.3, 0.4) is 0 Å². The molecule has 0 aliphatic heterocycles. The molecule has 10 nitrogen and oxygen atoms in total. The molecule has 1 aromatic heterocycles. The van der Waals surface area contributed by atoms with Gasteiger partial charge in [0.05, 0.1) is 30.1 Å². The number of aromatic nitrogens is 2. The highest BCUT2D eigenvalue weighted by molar-refractivity contribution is 8.02. The molecule has 0 bridgehead atoms. The number of rotatable bonds is 9. The number of thioether (sulfide) groups is 1. The Labute approximate surface area is 186 Å². The molecule has 0 spiro atoms. The van der Waals surface area contributed by atoms with E-state index in [2.05, 4.69) is 20.8 Å². The van der Waals surface area contributed by atoms with E-state index in [1.165, 1.54) is 48.4 Å². The predicted molar refractivity (Wildman–Crippen MR) is 120 cm³/mol. The highest BCUT2D eigenvalue weighted by Gasteiger charge is 2.20. The number of nitro benzene ring substituents is 1. The van der Waals surface area contributed by atoms with Crippen LogP contribution in [-0.4, -0.2) is 40.5 Å². The number of carbonyl (C=O) groups excluding carboxylic acids is 1. The number of carbonyl (C=O) groups is 1. The summed E-state index contributed by atoms with van der Waals surface area (Å²) in [6, 6.07) is 11.4. The van der Waals surface area contributed by atoms with Gasteiger partial charge in [0, 0.05) is 17.8 Å². The molecule has 0 aliphatic rings. The summed E-state index contributed by atoms with van der Waals surface area (Å²) in [6.45, 7) is 1.71. The molecule has 1 amide bonds. The van der Waals surface area contributed by atoms with Crippen molar-refractivity contribution in [2.24, 2.45) is 0 Å². The van der Waals surface area contributed by atoms with Crippen LogP contribution in [-0.2, 0) is 4.79 Å². The van der Waals surface area contributed by atoms with Gasteiger partial charge in [-0.05, 0) is 37.3 Å². The lowest BCUT2D eigenvalue weighted by Crippen LogP contribution is -2.22. The minimum Gasteiger partial charge on any atom is -0.497 e. The zero-order valence-corrected chi connectivity index (χ0v) is 18.5. The summed E-state index contributed by atoms with van der Waals surface area (Å²) in [6.07, 6.45) is 0. The highest BCUT2D eigenvalue weighted by Crippen LogP contribution is 2.33. The minimum atomic E-state index is -0.536. The van der Waals surface area contributed by atoms with Crippen LogP contribution in [0, 0.1) is 10.1 Å². The first kappa shape index (κ1) is 22.3. The Bertz CT molecular complexity index is 1070. The molecule has 3 aromatic rings. The van der Waals surface area contributed by atoms with E-state index in [4.69, 9.17) is 9.47 Å². The molecule has 0 aliphatic carbocycles. The fourth-order valence-electron chi connectivity index (χ4n) is 2.45.